The summed E-state index contributed by atoms with van der Waals surface area (Å²) < 4.78 is 10.6. The molecule has 0 saturated heterocycles. The first-order chi connectivity index (χ1) is 17.8. The topological polar surface area (TPSA) is 89.6 Å². The Kier molecular flexibility index (Phi) is 7.68. The second-order valence-corrected chi connectivity index (χ2v) is 12.0. The largest absolute Gasteiger partial charge is 0.497 e. The molecule has 38 heavy (non-hydrogen) atoms. The van der Waals surface area contributed by atoms with E-state index in [4.69, 9.17) is 14.5 Å². The lowest BCUT2D eigenvalue weighted by molar-refractivity contribution is -0.153. The average molecular weight is 518 g/mol. The predicted molar refractivity (Wildman–Crippen MR) is 151 cm³/mol. The van der Waals surface area contributed by atoms with Gasteiger partial charge in [-0.05, 0) is 85.9 Å². The molecule has 2 aromatic carbocycles. The van der Waals surface area contributed by atoms with Crippen LogP contribution in [0, 0.1) is 0 Å². The van der Waals surface area contributed by atoms with E-state index in [1.807, 2.05) is 24.3 Å². The van der Waals surface area contributed by atoms with Crippen molar-refractivity contribution in [2.24, 2.45) is 0 Å². The quantitative estimate of drug-likeness (QED) is 0.351. The first-order valence-electron chi connectivity index (χ1n) is 13.2. The van der Waals surface area contributed by atoms with Gasteiger partial charge in [-0.25, -0.2) is 4.98 Å². The van der Waals surface area contributed by atoms with Gasteiger partial charge in [0.1, 0.15) is 23.6 Å². The second-order valence-electron chi connectivity index (χ2n) is 12.0. The fourth-order valence-electron chi connectivity index (χ4n) is 4.40. The Bertz CT molecular complexity index is 1330. The number of carbonyl (C=O) groups is 2. The number of methoxy groups -OCH3 is 1. The fraction of sp³-hybridized carbons (Fsp3) is 0.452. The molecule has 202 valence electrons. The van der Waals surface area contributed by atoms with Crippen LogP contribution in [0.4, 0.5) is 5.69 Å². The normalized spacial score (nSPS) is 13.8. The molecule has 4 rings (SSSR count). The van der Waals surface area contributed by atoms with Gasteiger partial charge in [0.05, 0.1) is 12.6 Å². The van der Waals surface area contributed by atoms with Crippen molar-refractivity contribution in [3.8, 4) is 5.75 Å². The third-order valence-electron chi connectivity index (χ3n) is 6.48. The fourth-order valence-corrected chi connectivity index (χ4v) is 4.40. The van der Waals surface area contributed by atoms with Crippen LogP contribution in [0.5, 0.6) is 5.75 Å². The van der Waals surface area contributed by atoms with Crippen LogP contribution in [0.15, 0.2) is 42.5 Å². The summed E-state index contributed by atoms with van der Waals surface area (Å²) in [5.74, 6) is 0.466. The first kappa shape index (κ1) is 27.4. The van der Waals surface area contributed by atoms with Gasteiger partial charge in [-0.15, -0.1) is 0 Å². The summed E-state index contributed by atoms with van der Waals surface area (Å²) in [6, 6.07) is 14.1. The molecule has 1 saturated carbocycles. The van der Waals surface area contributed by atoms with Crippen molar-refractivity contribution in [2.45, 2.75) is 77.9 Å². The Hall–Kier alpha value is -3.61. The number of fused-ring (bicyclic) bond motifs is 1. The Balaban J connectivity index is 1.71. The third kappa shape index (κ3) is 6.82. The number of nitrogens with one attached hydrogen (secondary N) is 2. The zero-order valence-corrected chi connectivity index (χ0v) is 23.5. The van der Waals surface area contributed by atoms with Gasteiger partial charge in [-0.2, -0.15) is 0 Å². The number of pyridine rings is 1. The van der Waals surface area contributed by atoms with Crippen molar-refractivity contribution in [3.63, 3.8) is 0 Å². The van der Waals surface area contributed by atoms with E-state index in [1.165, 1.54) is 18.4 Å². The molecule has 0 radical (unpaired) electrons. The smallest absolute Gasteiger partial charge is 0.325 e. The third-order valence-corrected chi connectivity index (χ3v) is 6.48. The highest BCUT2D eigenvalue weighted by Gasteiger charge is 2.28. The lowest BCUT2D eigenvalue weighted by atomic mass is 9.83. The molecule has 0 unspecified atom stereocenters. The summed E-state index contributed by atoms with van der Waals surface area (Å²) in [7, 11) is 1.65. The molecule has 7 nitrogen and oxygen atoms in total. The van der Waals surface area contributed by atoms with Gasteiger partial charge in [-0.3, -0.25) is 9.59 Å². The minimum absolute atomic E-state index is 0.172. The Morgan fingerprint density at radius 1 is 1.00 bits per heavy atom. The van der Waals surface area contributed by atoms with Crippen LogP contribution in [0.3, 0.4) is 0 Å². The number of anilines is 1. The summed E-state index contributed by atoms with van der Waals surface area (Å²) in [6.07, 6.45) is 2.39. The van der Waals surface area contributed by atoms with Crippen LogP contribution in [0.2, 0.25) is 0 Å². The zero-order chi connectivity index (χ0) is 27.7. The predicted octanol–water partition coefficient (Wildman–Crippen LogP) is 6.10. The van der Waals surface area contributed by atoms with Gasteiger partial charge in [0.25, 0.3) is 5.91 Å². The molecule has 0 aliphatic heterocycles. The molecule has 2 N–H and O–H groups in total. The molecule has 0 spiro atoms. The van der Waals surface area contributed by atoms with E-state index in [1.54, 1.807) is 33.9 Å². The number of hydrogen-bond acceptors (Lipinski definition) is 6. The van der Waals surface area contributed by atoms with Gasteiger partial charge in [-0.1, -0.05) is 39.0 Å². The van der Waals surface area contributed by atoms with Crippen LogP contribution in [-0.2, 0) is 21.5 Å². The van der Waals surface area contributed by atoms with E-state index in [0.717, 1.165) is 33.5 Å². The van der Waals surface area contributed by atoms with Crippen LogP contribution in [0.25, 0.3) is 10.9 Å². The standard InChI is InChI=1S/C31H39N3O4/c1-30(2,3)24-15-21(20-10-11-20)14-23-25(32-17-19-8-12-22(37-7)13-9-19)16-26(34-28(23)24)29(36)33-18-27(35)38-31(4,5)6/h8-9,12-16,20H,10-11,17-18H2,1-7H3,(H,32,34)(H,33,36). The molecule has 1 aromatic heterocycles. The van der Waals surface area contributed by atoms with Gasteiger partial charge in [0, 0.05) is 17.6 Å². The van der Waals surface area contributed by atoms with Crippen molar-refractivity contribution in [1.29, 1.82) is 0 Å². The monoisotopic (exact) mass is 517 g/mol. The molecular formula is C31H39N3O4. The average Bonchev–Trinajstić information content (AvgIpc) is 3.69. The highest BCUT2D eigenvalue weighted by atomic mass is 16.6. The number of nitrogens with zero attached hydrogens (tertiary/aromatic N) is 1. The Morgan fingerprint density at radius 2 is 1.68 bits per heavy atom. The number of aromatic nitrogens is 1. The first-order valence-corrected chi connectivity index (χ1v) is 13.2. The zero-order valence-electron chi connectivity index (χ0n) is 23.5. The number of hydrogen-bond donors (Lipinski definition) is 2. The van der Waals surface area contributed by atoms with E-state index in [9.17, 15) is 9.59 Å². The molecule has 0 bridgehead atoms. The summed E-state index contributed by atoms with van der Waals surface area (Å²) in [4.78, 5) is 30.2. The SMILES string of the molecule is COc1ccc(CNc2cc(C(=O)NCC(=O)OC(C)(C)C)nc3c(C(C)(C)C)cc(C4CC4)cc23)cc1. The van der Waals surface area contributed by atoms with Crippen LogP contribution < -0.4 is 15.4 Å². The second kappa shape index (κ2) is 10.6. The van der Waals surface area contributed by atoms with Crippen molar-refractivity contribution >= 4 is 28.5 Å². The van der Waals surface area contributed by atoms with E-state index in [2.05, 4.69) is 43.5 Å². The summed E-state index contributed by atoms with van der Waals surface area (Å²) >= 11 is 0. The van der Waals surface area contributed by atoms with Crippen molar-refractivity contribution in [2.75, 3.05) is 19.0 Å². The molecule has 7 heteroatoms. The maximum absolute atomic E-state index is 13.2. The van der Waals surface area contributed by atoms with Crippen molar-refractivity contribution < 1.29 is 19.1 Å². The number of benzene rings is 2. The molecule has 1 aliphatic rings. The Morgan fingerprint density at radius 3 is 2.26 bits per heavy atom. The summed E-state index contributed by atoms with van der Waals surface area (Å²) in [5.41, 5.74) is 4.59. The molecule has 3 aromatic rings. The number of ether oxygens (including phenoxy) is 2. The van der Waals surface area contributed by atoms with Crippen molar-refractivity contribution in [3.05, 3.63) is 64.8 Å². The number of rotatable bonds is 8. The molecule has 1 amide bonds. The van der Waals surface area contributed by atoms with Crippen LogP contribution >= 0.6 is 0 Å². The van der Waals surface area contributed by atoms with Crippen molar-refractivity contribution in [1.82, 2.24) is 10.3 Å². The lowest BCUT2D eigenvalue weighted by Gasteiger charge is -2.24. The van der Waals surface area contributed by atoms with Gasteiger partial charge in [0.15, 0.2) is 0 Å². The maximum atomic E-state index is 13.2. The molecular weight excluding hydrogens is 478 g/mol. The molecule has 0 atom stereocenters. The van der Waals surface area contributed by atoms with Gasteiger partial charge in [0.2, 0.25) is 0 Å². The van der Waals surface area contributed by atoms with E-state index in [-0.39, 0.29) is 17.7 Å². The van der Waals surface area contributed by atoms with Crippen LogP contribution in [-0.4, -0.2) is 36.1 Å². The van der Waals surface area contributed by atoms with Crippen LogP contribution in [0.1, 0.15) is 87.5 Å². The summed E-state index contributed by atoms with van der Waals surface area (Å²) in [5, 5.41) is 7.22. The Labute approximate surface area is 225 Å². The minimum Gasteiger partial charge on any atom is -0.497 e. The summed E-state index contributed by atoms with van der Waals surface area (Å²) in [6.45, 7) is 12.2. The number of carbonyl (C=O) groups excluding carboxylic acids is 2. The van der Waals surface area contributed by atoms with Gasteiger partial charge >= 0.3 is 5.97 Å². The number of amides is 1. The minimum atomic E-state index is -0.623. The molecule has 1 fully saturated rings. The maximum Gasteiger partial charge on any atom is 0.325 e. The van der Waals surface area contributed by atoms with Gasteiger partial charge < -0.3 is 20.1 Å². The van der Waals surface area contributed by atoms with E-state index >= 15 is 0 Å². The van der Waals surface area contributed by atoms with E-state index in [0.29, 0.717) is 12.5 Å². The molecule has 1 aliphatic carbocycles. The highest BCUT2D eigenvalue weighted by Crippen LogP contribution is 2.44. The molecule has 1 heterocycles. The van der Waals surface area contributed by atoms with E-state index < -0.39 is 17.5 Å². The highest BCUT2D eigenvalue weighted by molar-refractivity contribution is 6.02. The number of esters is 1. The lowest BCUT2D eigenvalue weighted by Crippen LogP contribution is -2.35.